The number of carbonyl (C=O) groups excluding carboxylic acids is 1. The molecule has 88 valence electrons. The smallest absolute Gasteiger partial charge is 0.257 e. The van der Waals surface area contributed by atoms with Gasteiger partial charge >= 0.3 is 0 Å². The van der Waals surface area contributed by atoms with Crippen LogP contribution in [0.1, 0.15) is 15.2 Å². The lowest BCUT2D eigenvalue weighted by Gasteiger charge is -2.03. The molecule has 0 bridgehead atoms. The van der Waals surface area contributed by atoms with E-state index in [-0.39, 0.29) is 5.91 Å². The van der Waals surface area contributed by atoms with Gasteiger partial charge in [0, 0.05) is 27.3 Å². The van der Waals surface area contributed by atoms with Gasteiger partial charge in [0.05, 0.1) is 0 Å². The lowest BCUT2D eigenvalue weighted by molar-refractivity contribution is 0.102. The number of nitrogens with one attached hydrogen (secondary N) is 1. The lowest BCUT2D eigenvalue weighted by atomic mass is 10.2. The number of hydrogen-bond donors (Lipinski definition) is 2. The van der Waals surface area contributed by atoms with Crippen LogP contribution in [0.25, 0.3) is 0 Å². The van der Waals surface area contributed by atoms with Gasteiger partial charge in [0.25, 0.3) is 5.91 Å². The number of amides is 1. The van der Waals surface area contributed by atoms with Crippen molar-refractivity contribution in [1.82, 2.24) is 4.98 Å². The number of anilines is 2. The van der Waals surface area contributed by atoms with Crippen LogP contribution in [-0.4, -0.2) is 10.9 Å². The van der Waals surface area contributed by atoms with Crippen LogP contribution < -0.4 is 11.1 Å². The molecule has 0 aliphatic heterocycles. The molecule has 0 unspecified atom stereocenters. The number of aromatic nitrogens is 1. The van der Waals surface area contributed by atoms with Gasteiger partial charge in [-0.1, -0.05) is 11.6 Å². The van der Waals surface area contributed by atoms with E-state index in [0.717, 1.165) is 4.88 Å². The zero-order chi connectivity index (χ0) is 12.4. The third-order valence-electron chi connectivity index (χ3n) is 2.02. The van der Waals surface area contributed by atoms with Crippen molar-refractivity contribution in [2.45, 2.75) is 6.92 Å². The lowest BCUT2D eigenvalue weighted by Crippen LogP contribution is -2.11. The largest absolute Gasteiger partial charge is 0.399 e. The monoisotopic (exact) mass is 267 g/mol. The van der Waals surface area contributed by atoms with Crippen LogP contribution in [0.4, 0.5) is 10.8 Å². The van der Waals surface area contributed by atoms with Crippen molar-refractivity contribution in [2.24, 2.45) is 0 Å². The molecule has 0 aliphatic rings. The van der Waals surface area contributed by atoms with Crippen molar-refractivity contribution >= 4 is 39.7 Å². The van der Waals surface area contributed by atoms with E-state index in [4.69, 9.17) is 17.3 Å². The highest BCUT2D eigenvalue weighted by Crippen LogP contribution is 2.20. The fourth-order valence-corrected chi connectivity index (χ4v) is 2.23. The number of aryl methyl sites for hydroxylation is 1. The molecule has 1 aromatic carbocycles. The van der Waals surface area contributed by atoms with E-state index in [1.807, 2.05) is 6.92 Å². The van der Waals surface area contributed by atoms with Crippen LogP contribution in [0.5, 0.6) is 0 Å². The summed E-state index contributed by atoms with van der Waals surface area (Å²) in [5, 5.41) is 3.68. The molecule has 0 fully saturated rings. The van der Waals surface area contributed by atoms with Gasteiger partial charge in [-0.25, -0.2) is 4.98 Å². The average Bonchev–Trinajstić information content (AvgIpc) is 2.62. The highest BCUT2D eigenvalue weighted by molar-refractivity contribution is 7.15. The minimum absolute atomic E-state index is 0.270. The van der Waals surface area contributed by atoms with E-state index < -0.39 is 0 Å². The molecule has 6 heteroatoms. The Bertz CT molecular complexity index is 547. The first-order valence-corrected chi connectivity index (χ1v) is 6.04. The first kappa shape index (κ1) is 11.9. The maximum absolute atomic E-state index is 11.9. The third-order valence-corrected chi connectivity index (χ3v) is 3.07. The van der Waals surface area contributed by atoms with Crippen LogP contribution >= 0.6 is 22.9 Å². The number of nitrogen functional groups attached to an aromatic ring is 1. The number of nitrogens with zero attached hydrogens (tertiary/aromatic N) is 1. The zero-order valence-corrected chi connectivity index (χ0v) is 10.6. The summed E-state index contributed by atoms with van der Waals surface area (Å²) in [7, 11) is 0. The highest BCUT2D eigenvalue weighted by Gasteiger charge is 2.09. The molecule has 0 saturated carbocycles. The van der Waals surface area contributed by atoms with Crippen molar-refractivity contribution in [1.29, 1.82) is 0 Å². The summed E-state index contributed by atoms with van der Waals surface area (Å²) in [4.78, 5) is 17.0. The average molecular weight is 268 g/mol. The highest BCUT2D eigenvalue weighted by atomic mass is 35.5. The van der Waals surface area contributed by atoms with Gasteiger partial charge in [0.15, 0.2) is 5.13 Å². The fraction of sp³-hybridized carbons (Fsp3) is 0.0909. The number of rotatable bonds is 2. The molecule has 2 aromatic rings. The molecular weight excluding hydrogens is 258 g/mol. The molecule has 0 radical (unpaired) electrons. The Morgan fingerprint density at radius 2 is 2.24 bits per heavy atom. The molecule has 2 rings (SSSR count). The third kappa shape index (κ3) is 2.95. The van der Waals surface area contributed by atoms with Crippen molar-refractivity contribution in [3.05, 3.63) is 39.9 Å². The number of thiazole rings is 1. The molecule has 17 heavy (non-hydrogen) atoms. The Labute approximate surface area is 107 Å². The van der Waals surface area contributed by atoms with E-state index >= 15 is 0 Å². The molecule has 4 nitrogen and oxygen atoms in total. The number of halogens is 1. The minimum atomic E-state index is -0.270. The normalized spacial score (nSPS) is 10.2. The second-order valence-electron chi connectivity index (χ2n) is 3.50. The minimum Gasteiger partial charge on any atom is -0.399 e. The van der Waals surface area contributed by atoms with Crippen molar-refractivity contribution in [2.75, 3.05) is 11.1 Å². The zero-order valence-electron chi connectivity index (χ0n) is 9.03. The molecule has 0 saturated heterocycles. The SMILES string of the molecule is Cc1cnc(NC(=O)c2cc(N)cc(Cl)c2)s1. The van der Waals surface area contributed by atoms with Crippen molar-refractivity contribution < 1.29 is 4.79 Å². The van der Waals surface area contributed by atoms with Gasteiger partial charge in [-0.05, 0) is 25.1 Å². The Hall–Kier alpha value is -1.59. The molecular formula is C11H10ClN3OS. The van der Waals surface area contributed by atoms with Gasteiger partial charge < -0.3 is 5.73 Å². The molecule has 0 spiro atoms. The Balaban J connectivity index is 2.19. The first-order chi connectivity index (χ1) is 8.04. The van der Waals surface area contributed by atoms with Gasteiger partial charge in [-0.3, -0.25) is 10.1 Å². The molecule has 3 N–H and O–H groups in total. The Morgan fingerprint density at radius 3 is 2.82 bits per heavy atom. The summed E-state index contributed by atoms with van der Waals surface area (Å²) in [6.45, 7) is 1.92. The van der Waals surface area contributed by atoms with Crippen LogP contribution in [-0.2, 0) is 0 Å². The molecule has 1 amide bonds. The van der Waals surface area contributed by atoms with Crippen LogP contribution in [0.2, 0.25) is 5.02 Å². The van der Waals surface area contributed by atoms with E-state index in [1.165, 1.54) is 11.3 Å². The molecule has 1 aromatic heterocycles. The first-order valence-electron chi connectivity index (χ1n) is 4.84. The Morgan fingerprint density at radius 1 is 1.47 bits per heavy atom. The van der Waals surface area contributed by atoms with Crippen molar-refractivity contribution in [3.63, 3.8) is 0 Å². The van der Waals surface area contributed by atoms with Gasteiger partial charge in [-0.2, -0.15) is 0 Å². The summed E-state index contributed by atoms with van der Waals surface area (Å²) in [5.74, 6) is -0.270. The van der Waals surface area contributed by atoms with Crippen molar-refractivity contribution in [3.8, 4) is 0 Å². The molecule has 1 heterocycles. The van der Waals surface area contributed by atoms with Crippen LogP contribution in [0, 0.1) is 6.92 Å². The van der Waals surface area contributed by atoms with E-state index in [2.05, 4.69) is 10.3 Å². The van der Waals surface area contributed by atoms with E-state index in [0.29, 0.717) is 21.4 Å². The van der Waals surface area contributed by atoms with E-state index in [9.17, 15) is 4.79 Å². The van der Waals surface area contributed by atoms with E-state index in [1.54, 1.807) is 24.4 Å². The number of hydrogen-bond acceptors (Lipinski definition) is 4. The van der Waals surface area contributed by atoms with Crippen LogP contribution in [0.3, 0.4) is 0 Å². The topological polar surface area (TPSA) is 68.0 Å². The van der Waals surface area contributed by atoms with Gasteiger partial charge in [-0.15, -0.1) is 11.3 Å². The van der Waals surface area contributed by atoms with Crippen LogP contribution in [0.15, 0.2) is 24.4 Å². The second-order valence-corrected chi connectivity index (χ2v) is 5.17. The summed E-state index contributed by atoms with van der Waals surface area (Å²) in [5.41, 5.74) is 6.49. The van der Waals surface area contributed by atoms with Gasteiger partial charge in [0.1, 0.15) is 0 Å². The quantitative estimate of drug-likeness (QED) is 0.822. The predicted molar refractivity (Wildman–Crippen MR) is 70.7 cm³/mol. The fourth-order valence-electron chi connectivity index (χ4n) is 1.33. The summed E-state index contributed by atoms with van der Waals surface area (Å²) >= 11 is 7.24. The number of benzene rings is 1. The predicted octanol–water partition coefficient (Wildman–Crippen LogP) is 2.94. The Kier molecular flexibility index (Phi) is 3.31. The maximum Gasteiger partial charge on any atom is 0.257 e. The second kappa shape index (κ2) is 4.73. The standard InChI is InChI=1S/C11H10ClN3OS/c1-6-5-14-11(17-6)15-10(16)7-2-8(12)4-9(13)3-7/h2-5H,13H2,1H3,(H,14,15,16). The number of nitrogens with two attached hydrogens (primary N) is 1. The summed E-state index contributed by atoms with van der Waals surface area (Å²) < 4.78 is 0. The van der Waals surface area contributed by atoms with Gasteiger partial charge in [0.2, 0.25) is 0 Å². The summed E-state index contributed by atoms with van der Waals surface area (Å²) in [6, 6.07) is 4.72. The summed E-state index contributed by atoms with van der Waals surface area (Å²) in [6.07, 6.45) is 1.70. The maximum atomic E-state index is 11.9. The number of carbonyl (C=O) groups is 1. The molecule has 0 aliphatic carbocycles. The molecule has 0 atom stereocenters.